The molecular weight excluding hydrogens is 258 g/mol. The molecule has 1 aromatic heterocycles. The van der Waals surface area contributed by atoms with Crippen LogP contribution in [0.15, 0.2) is 18.3 Å². The summed E-state index contributed by atoms with van der Waals surface area (Å²) in [7, 11) is 0. The van der Waals surface area contributed by atoms with Gasteiger partial charge in [-0.3, -0.25) is 9.78 Å². The van der Waals surface area contributed by atoms with E-state index in [-0.39, 0.29) is 12.6 Å². The number of likely N-dealkylation sites (tertiary alicyclic amines) is 1. The van der Waals surface area contributed by atoms with E-state index in [1.807, 2.05) is 19.9 Å². The van der Waals surface area contributed by atoms with Gasteiger partial charge in [0.15, 0.2) is 0 Å². The molecule has 2 heterocycles. The summed E-state index contributed by atoms with van der Waals surface area (Å²) in [4.78, 5) is 29.1. The molecular formula is C14H19N3O3. The predicted octanol–water partition coefficient (Wildman–Crippen LogP) is 2.11. The lowest BCUT2D eigenvalue weighted by Crippen LogP contribution is -2.38. The highest BCUT2D eigenvalue weighted by atomic mass is 16.4. The Hall–Kier alpha value is -2.11. The second-order valence-corrected chi connectivity index (χ2v) is 5.23. The van der Waals surface area contributed by atoms with Crippen molar-refractivity contribution in [2.45, 2.75) is 26.7 Å². The van der Waals surface area contributed by atoms with E-state index in [0.717, 1.165) is 5.69 Å². The summed E-state index contributed by atoms with van der Waals surface area (Å²) >= 11 is 0. The van der Waals surface area contributed by atoms with Crippen LogP contribution >= 0.6 is 0 Å². The molecule has 0 bridgehead atoms. The summed E-state index contributed by atoms with van der Waals surface area (Å²) in [6.07, 6.45) is 2.62. The molecule has 1 fully saturated rings. The fourth-order valence-corrected chi connectivity index (χ4v) is 2.40. The molecule has 1 saturated heterocycles. The fourth-order valence-electron chi connectivity index (χ4n) is 2.40. The van der Waals surface area contributed by atoms with Crippen LogP contribution in [0.25, 0.3) is 0 Å². The molecule has 0 spiro atoms. The van der Waals surface area contributed by atoms with Gasteiger partial charge < -0.3 is 15.3 Å². The number of pyridine rings is 1. The normalized spacial score (nSPS) is 21.8. The smallest absolute Gasteiger partial charge is 0.321 e. The van der Waals surface area contributed by atoms with Crippen LogP contribution in [-0.2, 0) is 4.79 Å². The van der Waals surface area contributed by atoms with Gasteiger partial charge in [-0.15, -0.1) is 0 Å². The molecule has 0 aliphatic carbocycles. The fraction of sp³-hybridized carbons (Fsp3) is 0.500. The number of aromatic nitrogens is 1. The van der Waals surface area contributed by atoms with E-state index in [0.29, 0.717) is 25.1 Å². The van der Waals surface area contributed by atoms with Crippen molar-refractivity contribution in [3.63, 3.8) is 0 Å². The zero-order valence-corrected chi connectivity index (χ0v) is 11.7. The molecule has 0 aromatic carbocycles. The summed E-state index contributed by atoms with van der Waals surface area (Å²) in [5.74, 6) is -0.827. The second-order valence-electron chi connectivity index (χ2n) is 5.23. The van der Waals surface area contributed by atoms with E-state index in [9.17, 15) is 14.7 Å². The maximum Gasteiger partial charge on any atom is 0.321 e. The SMILES string of the molecule is CCC1(C(=O)O)CCN(C(=O)Nc2ccc(C)nc2)C1. The molecule has 2 rings (SSSR count). The van der Waals surface area contributed by atoms with Crippen molar-refractivity contribution in [2.24, 2.45) is 5.41 Å². The molecule has 108 valence electrons. The van der Waals surface area contributed by atoms with Crippen LogP contribution < -0.4 is 5.32 Å². The number of carbonyl (C=O) groups is 2. The number of aliphatic carboxylic acids is 1. The first-order valence-corrected chi connectivity index (χ1v) is 6.69. The van der Waals surface area contributed by atoms with Crippen molar-refractivity contribution < 1.29 is 14.7 Å². The van der Waals surface area contributed by atoms with Gasteiger partial charge in [-0.25, -0.2) is 4.79 Å². The molecule has 1 aromatic rings. The van der Waals surface area contributed by atoms with Gasteiger partial charge in [-0.1, -0.05) is 6.92 Å². The molecule has 20 heavy (non-hydrogen) atoms. The molecule has 2 N–H and O–H groups in total. The maximum absolute atomic E-state index is 12.1. The number of anilines is 1. The van der Waals surface area contributed by atoms with Crippen LogP contribution in [0.5, 0.6) is 0 Å². The topological polar surface area (TPSA) is 82.5 Å². The quantitative estimate of drug-likeness (QED) is 0.886. The number of nitrogens with zero attached hydrogens (tertiary/aromatic N) is 2. The van der Waals surface area contributed by atoms with Gasteiger partial charge in [0.25, 0.3) is 0 Å². The lowest BCUT2D eigenvalue weighted by atomic mass is 9.84. The van der Waals surface area contributed by atoms with Crippen LogP contribution in [0.1, 0.15) is 25.5 Å². The average molecular weight is 277 g/mol. The number of hydrogen-bond donors (Lipinski definition) is 2. The van der Waals surface area contributed by atoms with E-state index in [1.165, 1.54) is 0 Å². The summed E-state index contributed by atoms with van der Waals surface area (Å²) in [5.41, 5.74) is 0.688. The summed E-state index contributed by atoms with van der Waals surface area (Å²) in [6, 6.07) is 3.32. The first kappa shape index (κ1) is 14.3. The first-order valence-electron chi connectivity index (χ1n) is 6.69. The number of rotatable bonds is 3. The highest BCUT2D eigenvalue weighted by Gasteiger charge is 2.44. The van der Waals surface area contributed by atoms with Crippen molar-refractivity contribution in [2.75, 3.05) is 18.4 Å². The van der Waals surface area contributed by atoms with Crippen LogP contribution in [0, 0.1) is 12.3 Å². The monoisotopic (exact) mass is 277 g/mol. The molecule has 2 amide bonds. The van der Waals surface area contributed by atoms with Crippen molar-refractivity contribution in [1.29, 1.82) is 0 Å². The molecule has 0 saturated carbocycles. The van der Waals surface area contributed by atoms with E-state index in [4.69, 9.17) is 0 Å². The molecule has 6 nitrogen and oxygen atoms in total. The summed E-state index contributed by atoms with van der Waals surface area (Å²) in [5, 5.41) is 12.1. The summed E-state index contributed by atoms with van der Waals surface area (Å²) < 4.78 is 0. The van der Waals surface area contributed by atoms with Gasteiger partial charge in [0.1, 0.15) is 0 Å². The Morgan fingerprint density at radius 3 is 2.75 bits per heavy atom. The van der Waals surface area contributed by atoms with E-state index in [1.54, 1.807) is 17.2 Å². The van der Waals surface area contributed by atoms with E-state index in [2.05, 4.69) is 10.3 Å². The van der Waals surface area contributed by atoms with Crippen LogP contribution in [0.3, 0.4) is 0 Å². The van der Waals surface area contributed by atoms with Crippen LogP contribution in [0.4, 0.5) is 10.5 Å². The third-order valence-corrected chi connectivity index (χ3v) is 3.93. The number of nitrogens with one attached hydrogen (secondary N) is 1. The van der Waals surface area contributed by atoms with Gasteiger partial charge >= 0.3 is 12.0 Å². The zero-order chi connectivity index (χ0) is 14.8. The Labute approximate surface area is 117 Å². The van der Waals surface area contributed by atoms with Gasteiger partial charge in [-0.2, -0.15) is 0 Å². The molecule has 0 radical (unpaired) electrons. The predicted molar refractivity (Wildman–Crippen MR) is 74.5 cm³/mol. The van der Waals surface area contributed by atoms with Gasteiger partial charge in [0, 0.05) is 18.8 Å². The Morgan fingerprint density at radius 2 is 2.25 bits per heavy atom. The number of urea groups is 1. The maximum atomic E-state index is 12.1. The van der Waals surface area contributed by atoms with E-state index >= 15 is 0 Å². The Kier molecular flexibility index (Phi) is 3.92. The zero-order valence-electron chi connectivity index (χ0n) is 11.7. The Bertz CT molecular complexity index is 515. The number of carboxylic acid groups (broad SMARTS) is 1. The highest BCUT2D eigenvalue weighted by Crippen LogP contribution is 2.34. The first-order chi connectivity index (χ1) is 9.47. The van der Waals surface area contributed by atoms with Crippen LogP contribution in [-0.4, -0.2) is 40.1 Å². The van der Waals surface area contributed by atoms with Crippen molar-refractivity contribution in [3.8, 4) is 0 Å². The largest absolute Gasteiger partial charge is 0.481 e. The number of carbonyl (C=O) groups excluding carboxylic acids is 1. The standard InChI is InChI=1S/C14H19N3O3/c1-3-14(12(18)19)6-7-17(9-14)13(20)16-11-5-4-10(2)15-8-11/h4-5,8H,3,6-7,9H2,1-2H3,(H,16,20)(H,18,19). The summed E-state index contributed by atoms with van der Waals surface area (Å²) in [6.45, 7) is 4.43. The molecule has 1 aliphatic rings. The van der Waals surface area contributed by atoms with E-state index < -0.39 is 11.4 Å². The average Bonchev–Trinajstić information content (AvgIpc) is 2.87. The third-order valence-electron chi connectivity index (χ3n) is 3.93. The number of carboxylic acids is 1. The lowest BCUT2D eigenvalue weighted by Gasteiger charge is -2.23. The van der Waals surface area contributed by atoms with Gasteiger partial charge in [-0.05, 0) is 31.9 Å². The minimum atomic E-state index is -0.827. The second kappa shape index (κ2) is 5.48. The number of amides is 2. The number of aryl methyl sites for hydroxylation is 1. The van der Waals surface area contributed by atoms with Crippen LogP contribution in [0.2, 0.25) is 0 Å². The highest BCUT2D eigenvalue weighted by molar-refractivity contribution is 5.90. The molecule has 1 unspecified atom stereocenters. The minimum Gasteiger partial charge on any atom is -0.481 e. The van der Waals surface area contributed by atoms with Crippen molar-refractivity contribution in [3.05, 3.63) is 24.0 Å². The van der Waals surface area contributed by atoms with Gasteiger partial charge in [0.05, 0.1) is 17.3 Å². The van der Waals surface area contributed by atoms with Gasteiger partial charge in [0.2, 0.25) is 0 Å². The number of hydrogen-bond acceptors (Lipinski definition) is 3. The molecule has 1 atom stereocenters. The minimum absolute atomic E-state index is 0.254. The van der Waals surface area contributed by atoms with Crippen molar-refractivity contribution in [1.82, 2.24) is 9.88 Å². The molecule has 6 heteroatoms. The lowest BCUT2D eigenvalue weighted by molar-refractivity contribution is -0.148. The third kappa shape index (κ3) is 2.74. The molecule has 1 aliphatic heterocycles. The Balaban J connectivity index is 2.01. The Morgan fingerprint density at radius 1 is 1.50 bits per heavy atom. The van der Waals surface area contributed by atoms with Crippen molar-refractivity contribution >= 4 is 17.7 Å².